The number of carbonyl (C=O) groups is 1. The fourth-order valence-electron chi connectivity index (χ4n) is 7.47. The smallest absolute Gasteiger partial charge is 0.260 e. The third-order valence-electron chi connectivity index (χ3n) is 10.3. The van der Waals surface area contributed by atoms with Gasteiger partial charge in [0.15, 0.2) is 4.90 Å². The number of halogens is 2. The number of piperidine rings is 2. The van der Waals surface area contributed by atoms with Gasteiger partial charge >= 0.3 is 0 Å². The number of benzene rings is 2. The predicted octanol–water partition coefficient (Wildman–Crippen LogP) is 6.14. The summed E-state index contributed by atoms with van der Waals surface area (Å²) in [5.74, 6) is 0.672. The largest absolute Gasteiger partial charge is 0.611 e. The summed E-state index contributed by atoms with van der Waals surface area (Å²) in [4.78, 5) is 44.1. The number of hydrogen-bond donors (Lipinski definition) is 1. The fraction of sp³-hybridized carbons (Fsp3) is 0.459. The van der Waals surface area contributed by atoms with Crippen LogP contribution in [0.5, 0.6) is 0 Å². The summed E-state index contributed by atoms with van der Waals surface area (Å²) < 4.78 is 14.9. The van der Waals surface area contributed by atoms with E-state index in [1.807, 2.05) is 12.1 Å². The second-order valence-electron chi connectivity index (χ2n) is 13.9. The van der Waals surface area contributed by atoms with Crippen molar-refractivity contribution in [1.82, 2.24) is 29.2 Å². The van der Waals surface area contributed by atoms with Gasteiger partial charge in [0.2, 0.25) is 11.9 Å². The molecule has 264 valence electrons. The fourth-order valence-corrected chi connectivity index (χ4v) is 9.78. The van der Waals surface area contributed by atoms with Crippen molar-refractivity contribution in [3.63, 3.8) is 0 Å². The highest BCUT2D eigenvalue weighted by Crippen LogP contribution is 2.38. The molecule has 2 aromatic carbocycles. The van der Waals surface area contributed by atoms with Gasteiger partial charge in [-0.15, -0.1) is 0 Å². The normalized spacial score (nSPS) is 20.0. The number of fused-ring (bicyclic) bond motifs is 1. The lowest BCUT2D eigenvalue weighted by Gasteiger charge is -2.30. The van der Waals surface area contributed by atoms with Crippen molar-refractivity contribution in [2.45, 2.75) is 61.1 Å². The Morgan fingerprint density at radius 2 is 1.64 bits per heavy atom. The molecule has 13 heteroatoms. The lowest BCUT2D eigenvalue weighted by atomic mass is 9.91. The van der Waals surface area contributed by atoms with Crippen LogP contribution in [0.15, 0.2) is 58.4 Å². The number of carbonyl (C=O) groups excluding carboxylic acids is 1. The highest BCUT2D eigenvalue weighted by atomic mass is 35.5. The standard InChI is InChI=1S/C37H43Cl2N7O3S/c1-43-16-11-28(12-17-43)50(49)29-19-31(38)34(32(39)20-29)30-18-26-21-40-37(41-27-9-7-24(8-10-27)25-6-5-13-44(2)22-25)42-35(26)46(36(30)48)23-33(47)45-14-3-4-15-45/h7-10,18-21,25,28H,3-6,11-17,22-23H2,1-2H3,(H,40,41,42). The van der Waals surface area contributed by atoms with Crippen LogP contribution < -0.4 is 10.9 Å². The molecule has 7 rings (SSSR count). The van der Waals surface area contributed by atoms with Gasteiger partial charge in [-0.2, -0.15) is 4.98 Å². The van der Waals surface area contributed by atoms with Crippen molar-refractivity contribution in [3.8, 4) is 11.1 Å². The second kappa shape index (κ2) is 15.2. The molecule has 2 aromatic heterocycles. The van der Waals surface area contributed by atoms with E-state index in [-0.39, 0.29) is 33.3 Å². The number of pyridine rings is 1. The number of hydrogen-bond acceptors (Lipinski definition) is 8. The molecule has 0 bridgehead atoms. The minimum absolute atomic E-state index is 0.00970. The zero-order chi connectivity index (χ0) is 34.9. The summed E-state index contributed by atoms with van der Waals surface area (Å²) in [7, 11) is 4.23. The Morgan fingerprint density at radius 1 is 0.940 bits per heavy atom. The summed E-state index contributed by atoms with van der Waals surface area (Å²) in [6, 6.07) is 13.3. The Bertz CT molecular complexity index is 1900. The highest BCUT2D eigenvalue weighted by molar-refractivity contribution is 7.92. The van der Waals surface area contributed by atoms with Crippen LogP contribution in [0.25, 0.3) is 22.2 Å². The lowest BCUT2D eigenvalue weighted by Crippen LogP contribution is -2.37. The van der Waals surface area contributed by atoms with Crippen molar-refractivity contribution in [3.05, 3.63) is 74.6 Å². The zero-order valence-electron chi connectivity index (χ0n) is 28.5. The van der Waals surface area contributed by atoms with Gasteiger partial charge in [0.1, 0.15) is 17.4 Å². The SMILES string of the molecule is CN1CCC([S+]([O-])c2cc(Cl)c(-c3cc4cnc(Nc5ccc(C6CCCN(C)C6)cc5)nc4n(CC(=O)N4CCCC4)c3=O)c(Cl)c2)CC1. The number of amides is 1. The topological polar surface area (TPSA) is 110 Å². The number of nitrogens with zero attached hydrogens (tertiary/aromatic N) is 6. The molecule has 1 amide bonds. The zero-order valence-corrected chi connectivity index (χ0v) is 30.9. The first-order chi connectivity index (χ1) is 24.1. The molecule has 3 aliphatic rings. The first-order valence-corrected chi connectivity index (χ1v) is 19.4. The number of likely N-dealkylation sites (tertiary alicyclic amines) is 3. The van der Waals surface area contributed by atoms with Crippen LogP contribution >= 0.6 is 23.2 Å². The molecule has 0 radical (unpaired) electrons. The Morgan fingerprint density at radius 3 is 2.32 bits per heavy atom. The summed E-state index contributed by atoms with van der Waals surface area (Å²) in [5.41, 5.74) is 2.58. The van der Waals surface area contributed by atoms with Crippen LogP contribution in [-0.4, -0.2) is 98.3 Å². The first kappa shape index (κ1) is 35.2. The molecule has 4 aromatic rings. The molecule has 3 aliphatic heterocycles. The average molecular weight is 737 g/mol. The van der Waals surface area contributed by atoms with E-state index in [4.69, 9.17) is 28.2 Å². The monoisotopic (exact) mass is 735 g/mol. The van der Waals surface area contributed by atoms with Gasteiger partial charge in [-0.1, -0.05) is 35.3 Å². The molecule has 0 spiro atoms. The third kappa shape index (κ3) is 7.54. The molecular weight excluding hydrogens is 693 g/mol. The van der Waals surface area contributed by atoms with Gasteiger partial charge in [-0.3, -0.25) is 14.2 Å². The molecule has 2 unspecified atom stereocenters. The minimum Gasteiger partial charge on any atom is -0.611 e. The van der Waals surface area contributed by atoms with E-state index in [1.165, 1.54) is 23.0 Å². The Kier molecular flexibility index (Phi) is 10.7. The molecule has 0 saturated carbocycles. The van der Waals surface area contributed by atoms with Crippen molar-refractivity contribution in [2.75, 3.05) is 58.7 Å². The Hall–Kier alpha value is -3.19. The molecule has 0 aliphatic carbocycles. The van der Waals surface area contributed by atoms with Gasteiger partial charge in [0, 0.05) is 80.5 Å². The summed E-state index contributed by atoms with van der Waals surface area (Å²) in [5, 5.41) is 4.31. The number of anilines is 2. The van der Waals surface area contributed by atoms with E-state index in [9.17, 15) is 14.1 Å². The van der Waals surface area contributed by atoms with E-state index in [0.29, 0.717) is 46.4 Å². The molecule has 2 atom stereocenters. The minimum atomic E-state index is -1.29. The second-order valence-corrected chi connectivity index (χ2v) is 16.5. The maximum absolute atomic E-state index is 14.3. The van der Waals surface area contributed by atoms with E-state index < -0.39 is 16.7 Å². The summed E-state index contributed by atoms with van der Waals surface area (Å²) in [6.07, 6.45) is 7.52. The number of rotatable bonds is 8. The van der Waals surface area contributed by atoms with Crippen LogP contribution in [-0.2, 0) is 22.5 Å². The number of aromatic nitrogens is 3. The molecule has 3 fully saturated rings. The highest BCUT2D eigenvalue weighted by Gasteiger charge is 2.31. The van der Waals surface area contributed by atoms with Crippen molar-refractivity contribution in [2.24, 2.45) is 0 Å². The number of likely N-dealkylation sites (N-methyl/N-ethyl adjacent to an activating group) is 1. The first-order valence-electron chi connectivity index (χ1n) is 17.5. The van der Waals surface area contributed by atoms with Crippen LogP contribution in [0, 0.1) is 0 Å². The number of nitrogens with one attached hydrogen (secondary N) is 1. The maximum atomic E-state index is 14.3. The summed E-state index contributed by atoms with van der Waals surface area (Å²) >= 11 is 12.4. The third-order valence-corrected chi connectivity index (χ3v) is 12.7. The molecule has 5 heterocycles. The molecular formula is C37H43Cl2N7O3S. The van der Waals surface area contributed by atoms with Gasteiger partial charge in [-0.05, 0) is 87.2 Å². The van der Waals surface area contributed by atoms with Gasteiger partial charge in [0.25, 0.3) is 5.56 Å². The molecule has 10 nitrogen and oxygen atoms in total. The van der Waals surface area contributed by atoms with Crippen LogP contribution in [0.1, 0.15) is 50.0 Å². The quantitative estimate of drug-likeness (QED) is 0.215. The van der Waals surface area contributed by atoms with Crippen molar-refractivity contribution in [1.29, 1.82) is 0 Å². The van der Waals surface area contributed by atoms with E-state index in [0.717, 1.165) is 57.5 Å². The van der Waals surface area contributed by atoms with Gasteiger partial charge in [0.05, 0.1) is 15.6 Å². The van der Waals surface area contributed by atoms with Crippen LogP contribution in [0.2, 0.25) is 10.0 Å². The Balaban J connectivity index is 1.22. The maximum Gasteiger partial charge on any atom is 0.260 e. The predicted molar refractivity (Wildman–Crippen MR) is 201 cm³/mol. The van der Waals surface area contributed by atoms with Crippen molar-refractivity contribution < 1.29 is 9.35 Å². The van der Waals surface area contributed by atoms with Crippen LogP contribution in [0.3, 0.4) is 0 Å². The van der Waals surface area contributed by atoms with Gasteiger partial charge in [-0.25, -0.2) is 4.98 Å². The van der Waals surface area contributed by atoms with E-state index in [2.05, 4.69) is 46.3 Å². The summed E-state index contributed by atoms with van der Waals surface area (Å²) in [6.45, 7) is 5.09. The van der Waals surface area contributed by atoms with E-state index in [1.54, 1.807) is 29.3 Å². The molecule has 1 N–H and O–H groups in total. The lowest BCUT2D eigenvalue weighted by molar-refractivity contribution is -0.130. The average Bonchev–Trinajstić information content (AvgIpc) is 3.66. The van der Waals surface area contributed by atoms with E-state index >= 15 is 0 Å². The van der Waals surface area contributed by atoms with Crippen LogP contribution in [0.4, 0.5) is 11.6 Å². The molecule has 50 heavy (non-hydrogen) atoms. The Labute approximate surface area is 306 Å². The molecule has 3 saturated heterocycles. The van der Waals surface area contributed by atoms with Crippen molar-refractivity contribution >= 4 is 63.0 Å². The van der Waals surface area contributed by atoms with Gasteiger partial charge < -0.3 is 24.6 Å².